The van der Waals surface area contributed by atoms with Crippen molar-refractivity contribution in [3.8, 4) is 5.75 Å². The Morgan fingerprint density at radius 1 is 1.47 bits per heavy atom. The Morgan fingerprint density at radius 3 is 2.95 bits per heavy atom. The van der Waals surface area contributed by atoms with Crippen molar-refractivity contribution in [2.24, 2.45) is 0 Å². The summed E-state index contributed by atoms with van der Waals surface area (Å²) in [6.45, 7) is 3.79. The van der Waals surface area contributed by atoms with Crippen LogP contribution in [-0.2, 0) is 6.42 Å². The van der Waals surface area contributed by atoms with Gasteiger partial charge in [0, 0.05) is 12.1 Å². The molecule has 0 atom stereocenters. The minimum absolute atomic E-state index is 0.120. The zero-order valence-corrected chi connectivity index (χ0v) is 10.9. The number of carbonyl (C=O) groups excluding carboxylic acids is 1. The fourth-order valence-corrected chi connectivity index (χ4v) is 1.67. The van der Waals surface area contributed by atoms with E-state index in [0.717, 1.165) is 12.8 Å². The van der Waals surface area contributed by atoms with Gasteiger partial charge in [0.25, 0.3) is 5.91 Å². The summed E-state index contributed by atoms with van der Waals surface area (Å²) >= 11 is 0. The third kappa shape index (κ3) is 3.09. The normalized spacial score (nSPS) is 10.4. The first-order valence-corrected chi connectivity index (χ1v) is 6.12. The summed E-state index contributed by atoms with van der Waals surface area (Å²) in [6.07, 6.45) is 1.70. The topological polar surface area (TPSA) is 90.9 Å². The molecule has 0 fully saturated rings. The molecule has 0 aliphatic heterocycles. The van der Waals surface area contributed by atoms with Gasteiger partial charge < -0.3 is 10.4 Å². The lowest BCUT2D eigenvalue weighted by molar-refractivity contribution is 0.101. The van der Waals surface area contributed by atoms with E-state index in [1.54, 1.807) is 19.1 Å². The number of carbonyl (C=O) groups is 1. The number of hydrogen-bond acceptors (Lipinski definition) is 4. The molecule has 0 unspecified atom stereocenters. The molecule has 6 nitrogen and oxygen atoms in total. The number of H-pyrrole nitrogens is 1. The summed E-state index contributed by atoms with van der Waals surface area (Å²) in [4.78, 5) is 16.0. The van der Waals surface area contributed by atoms with Crippen molar-refractivity contribution in [3.63, 3.8) is 0 Å². The Bertz CT molecular complexity index is 592. The van der Waals surface area contributed by atoms with E-state index in [9.17, 15) is 9.90 Å². The van der Waals surface area contributed by atoms with Gasteiger partial charge >= 0.3 is 0 Å². The molecular formula is C13H16N4O2. The first-order valence-electron chi connectivity index (χ1n) is 6.12. The highest BCUT2D eigenvalue weighted by Gasteiger charge is 2.12. The molecule has 6 heteroatoms. The first kappa shape index (κ1) is 13.1. The molecule has 1 aromatic heterocycles. The number of amides is 1. The Kier molecular flexibility index (Phi) is 3.79. The van der Waals surface area contributed by atoms with Gasteiger partial charge in [-0.3, -0.25) is 9.89 Å². The van der Waals surface area contributed by atoms with E-state index in [1.807, 2.05) is 6.92 Å². The molecule has 100 valence electrons. The summed E-state index contributed by atoms with van der Waals surface area (Å²) in [7, 11) is 0. The lowest BCUT2D eigenvalue weighted by atomic mass is 10.2. The molecule has 1 amide bonds. The van der Waals surface area contributed by atoms with Crippen molar-refractivity contribution in [1.82, 2.24) is 15.2 Å². The predicted octanol–water partition coefficient (Wildman–Crippen LogP) is 2.02. The quantitative estimate of drug-likeness (QED) is 0.733. The van der Waals surface area contributed by atoms with Crippen LogP contribution < -0.4 is 5.32 Å². The number of phenols is 1. The van der Waals surface area contributed by atoms with Crippen LogP contribution in [0.15, 0.2) is 18.2 Å². The fraction of sp³-hybridized carbons (Fsp3) is 0.308. The van der Waals surface area contributed by atoms with Gasteiger partial charge in [0.2, 0.25) is 5.82 Å². The first-order chi connectivity index (χ1) is 9.10. The van der Waals surface area contributed by atoms with E-state index in [2.05, 4.69) is 20.5 Å². The third-order valence-corrected chi connectivity index (χ3v) is 2.68. The van der Waals surface area contributed by atoms with Crippen LogP contribution in [0.2, 0.25) is 0 Å². The van der Waals surface area contributed by atoms with Crippen LogP contribution in [0.1, 0.15) is 35.4 Å². The van der Waals surface area contributed by atoms with E-state index >= 15 is 0 Å². The van der Waals surface area contributed by atoms with Crippen LogP contribution in [0.25, 0.3) is 0 Å². The number of aryl methyl sites for hydroxylation is 2. The smallest absolute Gasteiger partial charge is 0.295 e. The largest absolute Gasteiger partial charge is 0.508 e. The van der Waals surface area contributed by atoms with Gasteiger partial charge in [-0.1, -0.05) is 6.92 Å². The van der Waals surface area contributed by atoms with Crippen molar-refractivity contribution in [1.29, 1.82) is 0 Å². The molecule has 0 saturated carbocycles. The van der Waals surface area contributed by atoms with E-state index in [0.29, 0.717) is 17.1 Å². The van der Waals surface area contributed by atoms with Crippen molar-refractivity contribution < 1.29 is 9.90 Å². The summed E-state index contributed by atoms with van der Waals surface area (Å²) in [5.41, 5.74) is 1.29. The Balaban J connectivity index is 2.09. The summed E-state index contributed by atoms with van der Waals surface area (Å²) in [5.74, 6) is 0.647. The van der Waals surface area contributed by atoms with Crippen LogP contribution in [0.4, 0.5) is 5.69 Å². The lowest BCUT2D eigenvalue weighted by Crippen LogP contribution is -2.13. The number of phenolic OH excluding ortho intramolecular Hbond substituents is 1. The van der Waals surface area contributed by atoms with Crippen LogP contribution in [0.5, 0.6) is 5.75 Å². The second-order valence-corrected chi connectivity index (χ2v) is 4.31. The Hall–Kier alpha value is -2.37. The van der Waals surface area contributed by atoms with Gasteiger partial charge in [-0.25, -0.2) is 4.98 Å². The van der Waals surface area contributed by atoms with E-state index in [-0.39, 0.29) is 17.5 Å². The van der Waals surface area contributed by atoms with Crippen molar-refractivity contribution in [2.45, 2.75) is 26.7 Å². The fourth-order valence-electron chi connectivity index (χ4n) is 1.67. The minimum atomic E-state index is -0.372. The molecule has 3 N–H and O–H groups in total. The van der Waals surface area contributed by atoms with Crippen molar-refractivity contribution in [2.75, 3.05) is 5.32 Å². The number of anilines is 1. The molecule has 0 spiro atoms. The minimum Gasteiger partial charge on any atom is -0.508 e. The average molecular weight is 260 g/mol. The highest BCUT2D eigenvalue weighted by atomic mass is 16.3. The number of nitrogens with zero attached hydrogens (tertiary/aromatic N) is 2. The van der Waals surface area contributed by atoms with E-state index in [4.69, 9.17) is 0 Å². The monoisotopic (exact) mass is 260 g/mol. The molecule has 0 bridgehead atoms. The van der Waals surface area contributed by atoms with E-state index < -0.39 is 0 Å². The number of rotatable bonds is 4. The molecule has 2 aromatic rings. The summed E-state index contributed by atoms with van der Waals surface area (Å²) in [6, 6.07) is 4.85. The third-order valence-electron chi connectivity index (χ3n) is 2.68. The Labute approximate surface area is 110 Å². The van der Waals surface area contributed by atoms with Crippen molar-refractivity contribution in [3.05, 3.63) is 35.4 Å². The van der Waals surface area contributed by atoms with Crippen molar-refractivity contribution >= 4 is 11.6 Å². The average Bonchev–Trinajstić information content (AvgIpc) is 2.83. The zero-order chi connectivity index (χ0) is 13.8. The molecule has 1 heterocycles. The lowest BCUT2D eigenvalue weighted by Gasteiger charge is -2.04. The molecule has 2 rings (SSSR count). The highest BCUT2D eigenvalue weighted by Crippen LogP contribution is 2.20. The van der Waals surface area contributed by atoms with Gasteiger partial charge in [-0.15, -0.1) is 5.10 Å². The van der Waals surface area contributed by atoms with E-state index in [1.165, 1.54) is 6.07 Å². The summed E-state index contributed by atoms with van der Waals surface area (Å²) in [5, 5.41) is 18.7. The highest BCUT2D eigenvalue weighted by molar-refractivity contribution is 6.01. The standard InChI is InChI=1S/C13H16N4O2/c1-3-4-11-15-12(17-16-11)13(19)14-9-5-6-10(18)8(2)7-9/h5-7,18H,3-4H2,1-2H3,(H,14,19)(H,15,16,17). The molecular weight excluding hydrogens is 244 g/mol. The number of aromatic hydroxyl groups is 1. The van der Waals surface area contributed by atoms with Gasteiger partial charge in [-0.2, -0.15) is 0 Å². The zero-order valence-electron chi connectivity index (χ0n) is 10.9. The van der Waals surface area contributed by atoms with Gasteiger partial charge in [0.15, 0.2) is 0 Å². The van der Waals surface area contributed by atoms with Crippen LogP contribution in [0, 0.1) is 6.92 Å². The number of aromatic nitrogens is 3. The molecule has 1 aromatic carbocycles. The summed E-state index contributed by atoms with van der Waals surface area (Å²) < 4.78 is 0. The maximum Gasteiger partial charge on any atom is 0.295 e. The molecule has 19 heavy (non-hydrogen) atoms. The van der Waals surface area contributed by atoms with Gasteiger partial charge in [0.05, 0.1) is 0 Å². The van der Waals surface area contributed by atoms with Crippen LogP contribution >= 0.6 is 0 Å². The van der Waals surface area contributed by atoms with Crippen LogP contribution in [0.3, 0.4) is 0 Å². The second kappa shape index (κ2) is 5.51. The number of nitrogens with one attached hydrogen (secondary N) is 2. The number of aromatic amines is 1. The molecule has 0 saturated heterocycles. The molecule has 0 aliphatic carbocycles. The molecule has 0 aliphatic rings. The maximum absolute atomic E-state index is 11.9. The van der Waals surface area contributed by atoms with Gasteiger partial charge in [-0.05, 0) is 37.1 Å². The number of benzene rings is 1. The Morgan fingerprint density at radius 2 is 2.26 bits per heavy atom. The van der Waals surface area contributed by atoms with Gasteiger partial charge in [0.1, 0.15) is 11.6 Å². The van der Waals surface area contributed by atoms with Crippen LogP contribution in [-0.4, -0.2) is 26.2 Å². The second-order valence-electron chi connectivity index (χ2n) is 4.31. The number of hydrogen-bond donors (Lipinski definition) is 3. The SMILES string of the molecule is CCCc1nc(C(=O)Nc2ccc(O)c(C)c2)n[nH]1. The molecule has 0 radical (unpaired) electrons. The maximum atomic E-state index is 11.9. The predicted molar refractivity (Wildman–Crippen MR) is 71.2 cm³/mol.